The van der Waals surface area contributed by atoms with Gasteiger partial charge in [0.05, 0.1) is 24.4 Å². The Morgan fingerprint density at radius 1 is 0.897 bits per heavy atom. The second kappa shape index (κ2) is 13.8. The Balaban J connectivity index is 1.27. The van der Waals surface area contributed by atoms with Crippen molar-refractivity contribution < 1.29 is 19.4 Å². The van der Waals surface area contributed by atoms with Gasteiger partial charge in [0.2, 0.25) is 0 Å². The number of carbonyl (C=O) groups excluding carboxylic acids is 1. The molecule has 7 nitrogen and oxygen atoms in total. The van der Waals surface area contributed by atoms with Crippen LogP contribution in [-0.2, 0) is 22.6 Å². The monoisotopic (exact) mass is 529 g/mol. The molecule has 0 bridgehead atoms. The van der Waals surface area contributed by atoms with E-state index in [-0.39, 0.29) is 24.7 Å². The molecule has 2 aromatic carbocycles. The molecule has 0 saturated carbocycles. The van der Waals surface area contributed by atoms with E-state index in [4.69, 9.17) is 9.47 Å². The lowest BCUT2D eigenvalue weighted by Gasteiger charge is -2.38. The molecule has 3 atom stereocenters. The third-order valence-corrected chi connectivity index (χ3v) is 7.65. The lowest BCUT2D eigenvalue weighted by molar-refractivity contribution is -0.253. The molecule has 0 spiro atoms. The first-order valence-electron chi connectivity index (χ1n) is 14.2. The highest BCUT2D eigenvalue weighted by molar-refractivity contribution is 5.93. The van der Waals surface area contributed by atoms with Crippen LogP contribution in [0.5, 0.6) is 0 Å². The molecule has 2 aliphatic rings. The van der Waals surface area contributed by atoms with E-state index in [1.165, 1.54) is 32.1 Å². The van der Waals surface area contributed by atoms with Gasteiger partial charge in [0, 0.05) is 37.5 Å². The van der Waals surface area contributed by atoms with Crippen LogP contribution in [0.2, 0.25) is 0 Å². The van der Waals surface area contributed by atoms with E-state index in [0.29, 0.717) is 12.1 Å². The van der Waals surface area contributed by atoms with Gasteiger partial charge in [-0.3, -0.25) is 9.78 Å². The summed E-state index contributed by atoms with van der Waals surface area (Å²) in [5, 5.41) is 12.4. The maximum atomic E-state index is 12.4. The highest BCUT2D eigenvalue weighted by Gasteiger charge is 2.33. The van der Waals surface area contributed by atoms with Crippen molar-refractivity contribution in [2.24, 2.45) is 0 Å². The molecular weight excluding hydrogens is 490 g/mol. The number of hydrogen-bond donors (Lipinski definition) is 2. The summed E-state index contributed by atoms with van der Waals surface area (Å²) in [6.07, 6.45) is 9.97. The number of aliphatic hydroxyl groups excluding tert-OH is 1. The van der Waals surface area contributed by atoms with Gasteiger partial charge in [-0.15, -0.1) is 0 Å². The van der Waals surface area contributed by atoms with E-state index in [0.717, 1.165) is 48.3 Å². The van der Waals surface area contributed by atoms with Gasteiger partial charge in [0.25, 0.3) is 5.91 Å². The van der Waals surface area contributed by atoms with Gasteiger partial charge in [-0.1, -0.05) is 67.8 Å². The number of nitrogens with one attached hydrogen (secondary N) is 1. The fourth-order valence-corrected chi connectivity index (χ4v) is 5.39. The molecule has 39 heavy (non-hydrogen) atoms. The molecule has 5 rings (SSSR count). The lowest BCUT2D eigenvalue weighted by Crippen LogP contribution is -2.40. The van der Waals surface area contributed by atoms with Crippen LogP contribution >= 0.6 is 0 Å². The predicted molar refractivity (Wildman–Crippen MR) is 150 cm³/mol. The lowest BCUT2D eigenvalue weighted by atomic mass is 9.99. The van der Waals surface area contributed by atoms with E-state index in [9.17, 15) is 9.90 Å². The van der Waals surface area contributed by atoms with E-state index in [1.807, 2.05) is 36.4 Å². The van der Waals surface area contributed by atoms with Gasteiger partial charge in [-0.25, -0.2) is 0 Å². The van der Waals surface area contributed by atoms with Crippen molar-refractivity contribution in [1.29, 1.82) is 0 Å². The number of ether oxygens (including phenoxy) is 2. The van der Waals surface area contributed by atoms with Gasteiger partial charge in [-0.05, 0) is 54.8 Å². The summed E-state index contributed by atoms with van der Waals surface area (Å²) in [5.74, 6) is -0.145. The fourth-order valence-electron chi connectivity index (χ4n) is 5.39. The first kappa shape index (κ1) is 27.5. The van der Waals surface area contributed by atoms with Crippen molar-refractivity contribution in [3.8, 4) is 0 Å². The Kier molecular flexibility index (Phi) is 9.72. The van der Waals surface area contributed by atoms with Crippen LogP contribution in [0, 0.1) is 0 Å². The van der Waals surface area contributed by atoms with Gasteiger partial charge in [-0.2, -0.15) is 0 Å². The van der Waals surface area contributed by atoms with Crippen molar-refractivity contribution in [3.05, 3.63) is 101 Å². The second-order valence-electron chi connectivity index (χ2n) is 10.6. The topological polar surface area (TPSA) is 83.9 Å². The number of carbonyl (C=O) groups is 1. The smallest absolute Gasteiger partial charge is 0.253 e. The Morgan fingerprint density at radius 2 is 1.59 bits per heavy atom. The number of benzene rings is 2. The van der Waals surface area contributed by atoms with E-state index in [1.54, 1.807) is 24.5 Å². The van der Waals surface area contributed by atoms with Crippen LogP contribution in [0.15, 0.2) is 73.1 Å². The summed E-state index contributed by atoms with van der Waals surface area (Å²) in [6.45, 7) is 3.62. The summed E-state index contributed by atoms with van der Waals surface area (Å²) < 4.78 is 13.1. The maximum absolute atomic E-state index is 12.4. The number of amides is 1. The highest BCUT2D eigenvalue weighted by atomic mass is 16.7. The molecule has 206 valence electrons. The van der Waals surface area contributed by atoms with Crippen molar-refractivity contribution in [2.45, 2.75) is 70.2 Å². The molecule has 3 aromatic rings. The number of nitrogens with zero attached hydrogens (tertiary/aromatic N) is 2. The van der Waals surface area contributed by atoms with Crippen LogP contribution < -0.4 is 5.32 Å². The molecule has 2 saturated heterocycles. The summed E-state index contributed by atoms with van der Waals surface area (Å²) in [5.41, 5.74) is 4.51. The molecule has 3 heterocycles. The van der Waals surface area contributed by atoms with Crippen LogP contribution in [0.4, 0.5) is 0 Å². The Labute approximate surface area is 231 Å². The molecule has 0 unspecified atom stereocenters. The molecule has 0 radical (unpaired) electrons. The second-order valence-corrected chi connectivity index (χ2v) is 10.6. The third kappa shape index (κ3) is 7.73. The molecule has 0 aliphatic carbocycles. The Hall–Kier alpha value is -3.10. The van der Waals surface area contributed by atoms with Gasteiger partial charge < -0.3 is 24.8 Å². The molecule has 2 aliphatic heterocycles. The highest BCUT2D eigenvalue weighted by Crippen LogP contribution is 2.38. The van der Waals surface area contributed by atoms with Gasteiger partial charge >= 0.3 is 0 Å². The van der Waals surface area contributed by atoms with Crippen LogP contribution in [-0.4, -0.2) is 46.6 Å². The number of pyridine rings is 1. The molecule has 1 aromatic heterocycles. The van der Waals surface area contributed by atoms with Crippen molar-refractivity contribution in [2.75, 3.05) is 19.6 Å². The predicted octanol–water partition coefficient (Wildman–Crippen LogP) is 5.32. The summed E-state index contributed by atoms with van der Waals surface area (Å²) >= 11 is 0. The minimum absolute atomic E-state index is 0.0319. The zero-order valence-electron chi connectivity index (χ0n) is 22.5. The first-order valence-corrected chi connectivity index (χ1v) is 14.2. The SMILES string of the molecule is O=C(NCc1ccc([C@@H]2O[C@H](CN3CCCCCCC3)C[C@H](c3ccc(CO)cc3)O2)cc1)c1cccnc1. The number of aliphatic hydroxyl groups is 1. The minimum Gasteiger partial charge on any atom is -0.392 e. The normalized spacial score (nSPS) is 22.5. The number of rotatable bonds is 8. The summed E-state index contributed by atoms with van der Waals surface area (Å²) in [7, 11) is 0. The average molecular weight is 530 g/mol. The molecule has 1 amide bonds. The standard InChI is InChI=1S/C32H39N3O4/c36-23-25-10-12-26(13-11-25)30-19-29(22-35-17-4-2-1-3-5-18-35)38-32(39-30)27-14-8-24(9-15-27)20-34-31(37)28-7-6-16-33-21-28/h6-16,21,29-30,32,36H,1-5,17-20,22-23H2,(H,34,37)/t29-,30+,32+/m0/s1. The first-order chi connectivity index (χ1) is 19.2. The van der Waals surface area contributed by atoms with Gasteiger partial charge in [0.15, 0.2) is 6.29 Å². The largest absolute Gasteiger partial charge is 0.392 e. The average Bonchev–Trinajstić information content (AvgIpc) is 2.98. The third-order valence-electron chi connectivity index (χ3n) is 7.65. The number of hydrogen-bond acceptors (Lipinski definition) is 6. The number of aromatic nitrogens is 1. The fraction of sp³-hybridized carbons (Fsp3) is 0.438. The Morgan fingerprint density at radius 3 is 2.28 bits per heavy atom. The van der Waals surface area contributed by atoms with E-state index in [2.05, 4.69) is 27.3 Å². The zero-order chi connectivity index (χ0) is 26.9. The maximum Gasteiger partial charge on any atom is 0.253 e. The molecule has 7 heteroatoms. The molecule has 2 fully saturated rings. The quantitative estimate of drug-likeness (QED) is 0.411. The van der Waals surface area contributed by atoms with Crippen molar-refractivity contribution >= 4 is 5.91 Å². The molecule has 2 N–H and O–H groups in total. The summed E-state index contributed by atoms with van der Waals surface area (Å²) in [6, 6.07) is 19.6. The van der Waals surface area contributed by atoms with Crippen LogP contribution in [0.1, 0.15) is 83.5 Å². The van der Waals surface area contributed by atoms with Crippen LogP contribution in [0.3, 0.4) is 0 Å². The van der Waals surface area contributed by atoms with Crippen LogP contribution in [0.25, 0.3) is 0 Å². The minimum atomic E-state index is -0.472. The van der Waals surface area contributed by atoms with Crippen molar-refractivity contribution in [1.82, 2.24) is 15.2 Å². The molecular formula is C32H39N3O4. The summed E-state index contributed by atoms with van der Waals surface area (Å²) in [4.78, 5) is 18.9. The zero-order valence-corrected chi connectivity index (χ0v) is 22.5. The van der Waals surface area contributed by atoms with Crippen molar-refractivity contribution in [3.63, 3.8) is 0 Å². The Bertz CT molecular complexity index is 1160. The van der Waals surface area contributed by atoms with E-state index < -0.39 is 6.29 Å². The van der Waals surface area contributed by atoms with E-state index >= 15 is 0 Å². The number of likely N-dealkylation sites (tertiary alicyclic amines) is 1. The van der Waals surface area contributed by atoms with Gasteiger partial charge in [0.1, 0.15) is 0 Å².